The Bertz CT molecular complexity index is 326. The third-order valence-corrected chi connectivity index (χ3v) is 2.81. The molecule has 6 heteroatoms. The summed E-state index contributed by atoms with van der Waals surface area (Å²) in [7, 11) is 0. The van der Waals surface area contributed by atoms with Gasteiger partial charge in [-0.15, -0.1) is 0 Å². The minimum atomic E-state index is -0.420. The molecule has 0 saturated carbocycles. The minimum Gasteiger partial charge on any atom is -0.378 e. The first kappa shape index (κ1) is 11.1. The Morgan fingerprint density at radius 2 is 2.00 bits per heavy atom. The molecule has 0 spiro atoms. The van der Waals surface area contributed by atoms with Crippen LogP contribution in [0.2, 0.25) is 0 Å². The fourth-order valence-electron chi connectivity index (χ4n) is 2.04. The van der Waals surface area contributed by atoms with Crippen LogP contribution in [0.5, 0.6) is 0 Å². The predicted molar refractivity (Wildman–Crippen MR) is 53.3 cm³/mol. The van der Waals surface area contributed by atoms with Crippen LogP contribution in [-0.4, -0.2) is 48.4 Å². The fourth-order valence-corrected chi connectivity index (χ4v) is 2.04. The van der Waals surface area contributed by atoms with Gasteiger partial charge in [0.15, 0.2) is 0 Å². The maximum atomic E-state index is 12.0. The number of amides is 3. The van der Waals surface area contributed by atoms with E-state index in [0.717, 1.165) is 0 Å². The van der Waals surface area contributed by atoms with Crippen molar-refractivity contribution in [3.63, 3.8) is 0 Å². The quantitative estimate of drug-likeness (QED) is 0.576. The standard InChI is InChI=1S/C10H14N2O4/c1-6-2-7(5-16-6)10(15)12-3-8(13)11-9(14)4-12/h6-7H,2-5H2,1H3,(H,11,13,14). The van der Waals surface area contributed by atoms with E-state index in [1.54, 1.807) is 0 Å². The Morgan fingerprint density at radius 3 is 2.50 bits per heavy atom. The number of hydrogen-bond donors (Lipinski definition) is 1. The van der Waals surface area contributed by atoms with Gasteiger partial charge in [0, 0.05) is 0 Å². The molecule has 2 unspecified atom stereocenters. The lowest BCUT2D eigenvalue weighted by atomic mass is 10.0. The molecule has 88 valence electrons. The number of nitrogens with one attached hydrogen (secondary N) is 1. The van der Waals surface area contributed by atoms with Crippen molar-refractivity contribution in [1.29, 1.82) is 0 Å². The average molecular weight is 226 g/mol. The highest BCUT2D eigenvalue weighted by Gasteiger charge is 2.34. The van der Waals surface area contributed by atoms with Crippen molar-refractivity contribution in [2.75, 3.05) is 19.7 Å². The van der Waals surface area contributed by atoms with E-state index < -0.39 is 11.8 Å². The largest absolute Gasteiger partial charge is 0.378 e. The predicted octanol–water partition coefficient (Wildman–Crippen LogP) is -1.10. The van der Waals surface area contributed by atoms with E-state index in [1.165, 1.54) is 4.90 Å². The van der Waals surface area contributed by atoms with Gasteiger partial charge in [0.05, 0.1) is 18.6 Å². The highest BCUT2D eigenvalue weighted by molar-refractivity contribution is 6.02. The Labute approximate surface area is 92.9 Å². The van der Waals surface area contributed by atoms with Gasteiger partial charge >= 0.3 is 0 Å². The van der Waals surface area contributed by atoms with Crippen LogP contribution < -0.4 is 5.32 Å². The van der Waals surface area contributed by atoms with E-state index in [1.807, 2.05) is 6.92 Å². The normalized spacial score (nSPS) is 30.4. The van der Waals surface area contributed by atoms with Crippen LogP contribution in [0.1, 0.15) is 13.3 Å². The van der Waals surface area contributed by atoms with Gasteiger partial charge in [0.2, 0.25) is 17.7 Å². The van der Waals surface area contributed by atoms with Gasteiger partial charge in [0.1, 0.15) is 13.1 Å². The SMILES string of the molecule is CC1CC(C(=O)N2CC(=O)NC(=O)C2)CO1. The molecule has 0 aromatic carbocycles. The Balaban J connectivity index is 1.98. The van der Waals surface area contributed by atoms with Crippen LogP contribution in [0, 0.1) is 5.92 Å². The van der Waals surface area contributed by atoms with Crippen molar-refractivity contribution in [3.05, 3.63) is 0 Å². The van der Waals surface area contributed by atoms with Crippen molar-refractivity contribution in [1.82, 2.24) is 10.2 Å². The zero-order valence-electron chi connectivity index (χ0n) is 9.06. The second kappa shape index (κ2) is 4.21. The van der Waals surface area contributed by atoms with Gasteiger partial charge in [0.25, 0.3) is 0 Å². The van der Waals surface area contributed by atoms with Gasteiger partial charge in [-0.3, -0.25) is 19.7 Å². The van der Waals surface area contributed by atoms with Gasteiger partial charge in [-0.05, 0) is 13.3 Å². The second-order valence-corrected chi connectivity index (χ2v) is 4.24. The van der Waals surface area contributed by atoms with E-state index in [9.17, 15) is 14.4 Å². The molecule has 6 nitrogen and oxygen atoms in total. The van der Waals surface area contributed by atoms with Crippen molar-refractivity contribution in [2.24, 2.45) is 5.92 Å². The van der Waals surface area contributed by atoms with Gasteiger partial charge in [-0.2, -0.15) is 0 Å². The molecule has 2 atom stereocenters. The summed E-state index contributed by atoms with van der Waals surface area (Å²) in [5.74, 6) is -1.21. The Kier molecular flexibility index (Phi) is 2.91. The van der Waals surface area contributed by atoms with Gasteiger partial charge < -0.3 is 9.64 Å². The summed E-state index contributed by atoms with van der Waals surface area (Å²) in [6.45, 7) is 2.22. The number of imide groups is 1. The van der Waals surface area contributed by atoms with Gasteiger partial charge in [-0.1, -0.05) is 0 Å². The van der Waals surface area contributed by atoms with Crippen molar-refractivity contribution in [2.45, 2.75) is 19.4 Å². The Morgan fingerprint density at radius 1 is 1.38 bits per heavy atom. The molecule has 1 N–H and O–H groups in total. The lowest BCUT2D eigenvalue weighted by Crippen LogP contribution is -2.54. The maximum absolute atomic E-state index is 12.0. The van der Waals surface area contributed by atoms with Crippen LogP contribution in [0.3, 0.4) is 0 Å². The lowest BCUT2D eigenvalue weighted by Gasteiger charge is -2.27. The molecular weight excluding hydrogens is 212 g/mol. The number of nitrogens with zero attached hydrogens (tertiary/aromatic N) is 1. The molecule has 0 aliphatic carbocycles. The monoisotopic (exact) mass is 226 g/mol. The minimum absolute atomic E-state index is 0.0323. The van der Waals surface area contributed by atoms with Crippen LogP contribution >= 0.6 is 0 Å². The Hall–Kier alpha value is -1.43. The number of ether oxygens (including phenoxy) is 1. The molecule has 0 aromatic heterocycles. The summed E-state index contributed by atoms with van der Waals surface area (Å²) in [4.78, 5) is 35.5. The molecule has 3 amide bonds. The summed E-state index contributed by atoms with van der Waals surface area (Å²) in [6, 6.07) is 0. The summed E-state index contributed by atoms with van der Waals surface area (Å²) in [5.41, 5.74) is 0. The summed E-state index contributed by atoms with van der Waals surface area (Å²) >= 11 is 0. The molecular formula is C10H14N2O4. The molecule has 2 aliphatic heterocycles. The maximum Gasteiger partial charge on any atom is 0.246 e. The van der Waals surface area contributed by atoms with Crippen LogP contribution in [0.4, 0.5) is 0 Å². The number of hydrogen-bond acceptors (Lipinski definition) is 4. The zero-order valence-corrected chi connectivity index (χ0v) is 9.06. The third kappa shape index (κ3) is 2.21. The highest BCUT2D eigenvalue weighted by Crippen LogP contribution is 2.21. The molecule has 2 fully saturated rings. The lowest BCUT2D eigenvalue weighted by molar-refractivity contribution is -0.147. The molecule has 2 aliphatic rings. The number of rotatable bonds is 1. The van der Waals surface area contributed by atoms with Gasteiger partial charge in [-0.25, -0.2) is 0 Å². The first-order valence-corrected chi connectivity index (χ1v) is 5.29. The topological polar surface area (TPSA) is 75.7 Å². The van der Waals surface area contributed by atoms with E-state index in [2.05, 4.69) is 5.32 Å². The molecule has 16 heavy (non-hydrogen) atoms. The van der Waals surface area contributed by atoms with Crippen LogP contribution in [-0.2, 0) is 19.1 Å². The molecule has 2 heterocycles. The molecule has 2 saturated heterocycles. The van der Waals surface area contributed by atoms with Crippen LogP contribution in [0.15, 0.2) is 0 Å². The van der Waals surface area contributed by atoms with E-state index in [4.69, 9.17) is 4.74 Å². The number of carbonyl (C=O) groups is 3. The highest BCUT2D eigenvalue weighted by atomic mass is 16.5. The molecule has 0 radical (unpaired) electrons. The second-order valence-electron chi connectivity index (χ2n) is 4.24. The first-order valence-electron chi connectivity index (χ1n) is 5.29. The van der Waals surface area contributed by atoms with E-state index in [-0.39, 0.29) is 31.0 Å². The van der Waals surface area contributed by atoms with Crippen molar-refractivity contribution >= 4 is 17.7 Å². The van der Waals surface area contributed by atoms with Crippen molar-refractivity contribution in [3.8, 4) is 0 Å². The van der Waals surface area contributed by atoms with Crippen LogP contribution in [0.25, 0.3) is 0 Å². The molecule has 2 rings (SSSR count). The first-order chi connectivity index (χ1) is 7.56. The number of carbonyl (C=O) groups excluding carboxylic acids is 3. The molecule has 0 aromatic rings. The third-order valence-electron chi connectivity index (χ3n) is 2.81. The fraction of sp³-hybridized carbons (Fsp3) is 0.700. The summed E-state index contributed by atoms with van der Waals surface area (Å²) in [5, 5.41) is 2.16. The average Bonchev–Trinajstić information content (AvgIpc) is 2.62. The summed E-state index contributed by atoms with van der Waals surface area (Å²) in [6.07, 6.45) is 0.730. The molecule has 0 bridgehead atoms. The van der Waals surface area contributed by atoms with E-state index >= 15 is 0 Å². The zero-order chi connectivity index (χ0) is 11.7. The van der Waals surface area contributed by atoms with Crippen molar-refractivity contribution < 1.29 is 19.1 Å². The summed E-state index contributed by atoms with van der Waals surface area (Å²) < 4.78 is 5.30. The number of piperazine rings is 1. The smallest absolute Gasteiger partial charge is 0.246 e. The van der Waals surface area contributed by atoms with E-state index in [0.29, 0.717) is 13.0 Å².